The summed E-state index contributed by atoms with van der Waals surface area (Å²) < 4.78 is 37.3. The summed E-state index contributed by atoms with van der Waals surface area (Å²) in [4.78, 5) is 1.14. The third-order valence-electron chi connectivity index (χ3n) is 2.41. The standard InChI is InChI=1S/C9H8N4O5S/c1-16-6-4-5(10)7(13-11-2-3-12-13)9-8(6)17-19(14,15)18-9/h2-4H,10H2,1H3. The highest BCUT2D eigenvalue weighted by atomic mass is 32.3. The fraction of sp³-hybridized carbons (Fsp3) is 0.111. The summed E-state index contributed by atoms with van der Waals surface area (Å²) in [6, 6.07) is 1.40. The predicted molar refractivity (Wildman–Crippen MR) is 62.5 cm³/mol. The van der Waals surface area contributed by atoms with E-state index in [1.54, 1.807) is 0 Å². The summed E-state index contributed by atoms with van der Waals surface area (Å²) in [6.45, 7) is 0. The van der Waals surface area contributed by atoms with Gasteiger partial charge in [0, 0.05) is 6.07 Å². The Labute approximate surface area is 107 Å². The van der Waals surface area contributed by atoms with Gasteiger partial charge in [0.15, 0.2) is 11.4 Å². The van der Waals surface area contributed by atoms with Gasteiger partial charge in [-0.15, -0.1) is 13.2 Å². The second-order valence-electron chi connectivity index (χ2n) is 3.57. The fourth-order valence-electron chi connectivity index (χ4n) is 1.69. The van der Waals surface area contributed by atoms with E-state index in [0.29, 0.717) is 0 Å². The van der Waals surface area contributed by atoms with E-state index in [4.69, 9.17) is 18.8 Å². The van der Waals surface area contributed by atoms with E-state index in [1.165, 1.54) is 25.6 Å². The molecule has 10 heteroatoms. The van der Waals surface area contributed by atoms with E-state index in [0.717, 1.165) is 4.80 Å². The summed E-state index contributed by atoms with van der Waals surface area (Å²) in [5, 5.41) is 7.76. The van der Waals surface area contributed by atoms with Gasteiger partial charge in [0.2, 0.25) is 11.5 Å². The minimum atomic E-state index is -4.17. The molecule has 9 nitrogen and oxygen atoms in total. The van der Waals surface area contributed by atoms with Gasteiger partial charge in [-0.05, 0) is 0 Å². The van der Waals surface area contributed by atoms with Crippen molar-refractivity contribution in [3.8, 4) is 22.9 Å². The van der Waals surface area contributed by atoms with Crippen molar-refractivity contribution in [1.29, 1.82) is 0 Å². The summed E-state index contributed by atoms with van der Waals surface area (Å²) >= 11 is 0. The number of ether oxygens (including phenoxy) is 1. The van der Waals surface area contributed by atoms with Gasteiger partial charge in [-0.25, -0.2) is 0 Å². The number of nitrogens with zero attached hydrogens (tertiary/aromatic N) is 3. The Kier molecular flexibility index (Phi) is 2.29. The molecule has 1 aromatic carbocycles. The average molecular weight is 284 g/mol. The van der Waals surface area contributed by atoms with Crippen molar-refractivity contribution in [2.75, 3.05) is 12.8 Å². The summed E-state index contributed by atoms with van der Waals surface area (Å²) in [6.07, 6.45) is 2.83. The number of nitrogens with two attached hydrogens (primary N) is 1. The van der Waals surface area contributed by atoms with E-state index in [1.807, 2.05) is 0 Å². The van der Waals surface area contributed by atoms with Crippen molar-refractivity contribution >= 4 is 16.1 Å². The maximum Gasteiger partial charge on any atom is 0.501 e. The molecule has 3 rings (SSSR count). The van der Waals surface area contributed by atoms with Crippen LogP contribution in [0.15, 0.2) is 18.5 Å². The number of aromatic nitrogens is 3. The predicted octanol–water partition coefficient (Wildman–Crippen LogP) is -0.126. The third-order valence-corrected chi connectivity index (χ3v) is 3.16. The fourth-order valence-corrected chi connectivity index (χ4v) is 2.45. The highest BCUT2D eigenvalue weighted by Gasteiger charge is 2.36. The van der Waals surface area contributed by atoms with Gasteiger partial charge in [-0.2, -0.15) is 10.2 Å². The quantitative estimate of drug-likeness (QED) is 0.758. The Morgan fingerprint density at radius 2 is 1.89 bits per heavy atom. The van der Waals surface area contributed by atoms with Gasteiger partial charge in [0.05, 0.1) is 25.2 Å². The molecular formula is C9H8N4O5S. The van der Waals surface area contributed by atoms with Crippen molar-refractivity contribution in [2.45, 2.75) is 0 Å². The number of nitrogen functional groups attached to an aromatic ring is 1. The van der Waals surface area contributed by atoms with E-state index >= 15 is 0 Å². The Morgan fingerprint density at radius 3 is 2.53 bits per heavy atom. The number of benzene rings is 1. The molecule has 1 aromatic heterocycles. The van der Waals surface area contributed by atoms with E-state index in [2.05, 4.69) is 10.2 Å². The lowest BCUT2D eigenvalue weighted by atomic mass is 10.2. The van der Waals surface area contributed by atoms with Gasteiger partial charge in [0.1, 0.15) is 0 Å². The molecule has 0 saturated carbocycles. The SMILES string of the molecule is COc1cc(N)c(-n2nccn2)c2c1OS(=O)(=O)O2. The molecule has 0 bridgehead atoms. The van der Waals surface area contributed by atoms with Gasteiger partial charge in [-0.1, -0.05) is 0 Å². The molecule has 0 radical (unpaired) electrons. The summed E-state index contributed by atoms with van der Waals surface area (Å²) in [5.74, 6) is -0.0402. The van der Waals surface area contributed by atoms with Crippen LogP contribution in [0.5, 0.6) is 17.2 Å². The first-order chi connectivity index (χ1) is 9.02. The van der Waals surface area contributed by atoms with Gasteiger partial charge in [0.25, 0.3) is 0 Å². The van der Waals surface area contributed by atoms with Crippen LogP contribution in [-0.2, 0) is 10.4 Å². The van der Waals surface area contributed by atoms with Crippen LogP contribution in [0.1, 0.15) is 0 Å². The molecule has 0 amide bonds. The smallest absolute Gasteiger partial charge is 0.493 e. The van der Waals surface area contributed by atoms with E-state index in [-0.39, 0.29) is 28.6 Å². The van der Waals surface area contributed by atoms with Crippen LogP contribution < -0.4 is 18.8 Å². The highest BCUT2D eigenvalue weighted by Crippen LogP contribution is 2.49. The lowest BCUT2D eigenvalue weighted by Gasteiger charge is -2.09. The molecule has 0 aliphatic carbocycles. The zero-order valence-electron chi connectivity index (χ0n) is 9.60. The first-order valence-electron chi connectivity index (χ1n) is 5.03. The van der Waals surface area contributed by atoms with E-state index in [9.17, 15) is 8.42 Å². The topological polar surface area (TPSA) is 119 Å². The Morgan fingerprint density at radius 1 is 1.26 bits per heavy atom. The first kappa shape index (κ1) is 11.6. The van der Waals surface area contributed by atoms with Crippen LogP contribution in [0.2, 0.25) is 0 Å². The summed E-state index contributed by atoms with van der Waals surface area (Å²) in [5.41, 5.74) is 6.19. The molecule has 0 atom stereocenters. The van der Waals surface area contributed by atoms with Crippen molar-refractivity contribution < 1.29 is 21.5 Å². The Bertz CT molecular complexity index is 740. The lowest BCUT2D eigenvalue weighted by Crippen LogP contribution is -2.09. The zero-order chi connectivity index (χ0) is 13.6. The minimum Gasteiger partial charge on any atom is -0.493 e. The third kappa shape index (κ3) is 1.73. The average Bonchev–Trinajstić information content (AvgIpc) is 2.94. The molecule has 0 unspecified atom stereocenters. The number of methoxy groups -OCH3 is 1. The molecule has 2 N–H and O–H groups in total. The molecule has 0 fully saturated rings. The second kappa shape index (κ2) is 3.75. The molecular weight excluding hydrogens is 276 g/mol. The zero-order valence-corrected chi connectivity index (χ0v) is 10.4. The summed E-state index contributed by atoms with van der Waals surface area (Å²) in [7, 11) is -2.82. The van der Waals surface area contributed by atoms with Crippen molar-refractivity contribution in [1.82, 2.24) is 15.0 Å². The number of anilines is 1. The van der Waals surface area contributed by atoms with Gasteiger partial charge in [-0.3, -0.25) is 0 Å². The van der Waals surface area contributed by atoms with Crippen LogP contribution in [0.25, 0.3) is 5.69 Å². The van der Waals surface area contributed by atoms with Crippen molar-refractivity contribution in [3.05, 3.63) is 18.5 Å². The largest absolute Gasteiger partial charge is 0.501 e. The molecule has 1 aliphatic heterocycles. The van der Waals surface area contributed by atoms with E-state index < -0.39 is 10.4 Å². The number of hydrogen-bond acceptors (Lipinski definition) is 8. The molecule has 0 spiro atoms. The Balaban J connectivity index is 2.32. The Hall–Kier alpha value is -2.49. The molecule has 100 valence electrons. The number of rotatable bonds is 2. The normalized spacial score (nSPS) is 15.4. The van der Waals surface area contributed by atoms with Gasteiger partial charge >= 0.3 is 10.4 Å². The molecule has 2 heterocycles. The maximum atomic E-state index is 11.4. The van der Waals surface area contributed by atoms with Crippen LogP contribution >= 0.6 is 0 Å². The maximum absolute atomic E-state index is 11.4. The first-order valence-corrected chi connectivity index (χ1v) is 6.36. The van der Waals surface area contributed by atoms with Crippen LogP contribution in [0.4, 0.5) is 5.69 Å². The van der Waals surface area contributed by atoms with Crippen molar-refractivity contribution in [3.63, 3.8) is 0 Å². The number of fused-ring (bicyclic) bond motifs is 1. The second-order valence-corrected chi connectivity index (χ2v) is 4.72. The number of hydrogen-bond donors (Lipinski definition) is 1. The van der Waals surface area contributed by atoms with Crippen LogP contribution in [0.3, 0.4) is 0 Å². The van der Waals surface area contributed by atoms with Crippen LogP contribution in [-0.4, -0.2) is 30.5 Å². The highest BCUT2D eigenvalue weighted by molar-refractivity contribution is 7.82. The van der Waals surface area contributed by atoms with Crippen LogP contribution in [0, 0.1) is 0 Å². The molecule has 0 saturated heterocycles. The molecule has 1 aliphatic rings. The van der Waals surface area contributed by atoms with Gasteiger partial charge < -0.3 is 18.8 Å². The van der Waals surface area contributed by atoms with Crippen molar-refractivity contribution in [2.24, 2.45) is 0 Å². The molecule has 19 heavy (non-hydrogen) atoms. The monoisotopic (exact) mass is 284 g/mol. The molecule has 2 aromatic rings. The minimum absolute atomic E-state index is 0.0796. The lowest BCUT2D eigenvalue weighted by molar-refractivity contribution is 0.391.